The number of pyridine rings is 1. The number of methoxy groups -OCH3 is 1. The quantitative estimate of drug-likeness (QED) is 0.367. The highest BCUT2D eigenvalue weighted by atomic mass is 32.1. The Morgan fingerprint density at radius 2 is 1.88 bits per heavy atom. The average molecular weight is 473 g/mol. The third-order valence-corrected chi connectivity index (χ3v) is 6.89. The van der Waals surface area contributed by atoms with Gasteiger partial charge in [-0.15, -0.1) is 0 Å². The molecule has 0 unspecified atom stereocenters. The van der Waals surface area contributed by atoms with E-state index >= 15 is 0 Å². The van der Waals surface area contributed by atoms with Crippen LogP contribution in [-0.4, -0.2) is 26.7 Å². The minimum atomic E-state index is -0.0514. The lowest BCUT2D eigenvalue weighted by Crippen LogP contribution is -2.29. The molecular formula is C27H28N4O2S. The molecule has 4 aromatic rings. The number of aromatic nitrogens is 2. The molecule has 0 spiro atoms. The number of rotatable bonds is 7. The van der Waals surface area contributed by atoms with Crippen LogP contribution in [0.25, 0.3) is 0 Å². The minimum Gasteiger partial charge on any atom is -0.497 e. The van der Waals surface area contributed by atoms with E-state index in [1.807, 2.05) is 42.6 Å². The number of nitrogens with one attached hydrogen (secondary N) is 1. The largest absolute Gasteiger partial charge is 0.497 e. The van der Waals surface area contributed by atoms with Crippen molar-refractivity contribution in [1.82, 2.24) is 19.8 Å². The molecule has 1 aliphatic heterocycles. The lowest BCUT2D eigenvalue weighted by Gasteiger charge is -2.28. The van der Waals surface area contributed by atoms with Gasteiger partial charge >= 0.3 is 0 Å². The molecule has 4 heterocycles. The minimum absolute atomic E-state index is 0.000975. The van der Waals surface area contributed by atoms with Gasteiger partial charge in [0.15, 0.2) is 5.11 Å². The first-order chi connectivity index (χ1) is 16.5. The lowest BCUT2D eigenvalue weighted by molar-refractivity contribution is 0.309. The summed E-state index contributed by atoms with van der Waals surface area (Å²) < 4.78 is 13.3. The number of ether oxygens (including phenoxy) is 1. The maximum atomic E-state index is 5.86. The molecule has 0 amide bonds. The van der Waals surface area contributed by atoms with Gasteiger partial charge in [0.25, 0.3) is 0 Å². The molecule has 1 aromatic carbocycles. The van der Waals surface area contributed by atoms with Crippen molar-refractivity contribution in [1.29, 1.82) is 0 Å². The van der Waals surface area contributed by atoms with Crippen LogP contribution in [0.1, 0.15) is 46.1 Å². The molecular weight excluding hydrogens is 444 g/mol. The molecule has 1 N–H and O–H groups in total. The fourth-order valence-electron chi connectivity index (χ4n) is 4.77. The van der Waals surface area contributed by atoms with E-state index in [-0.39, 0.29) is 12.1 Å². The molecule has 7 heteroatoms. The van der Waals surface area contributed by atoms with E-state index < -0.39 is 0 Å². The van der Waals surface area contributed by atoms with Crippen LogP contribution in [0, 0.1) is 13.8 Å². The van der Waals surface area contributed by atoms with Crippen LogP contribution in [0.2, 0.25) is 0 Å². The van der Waals surface area contributed by atoms with Crippen LogP contribution in [0.3, 0.4) is 0 Å². The van der Waals surface area contributed by atoms with Gasteiger partial charge in [0.05, 0.1) is 37.7 Å². The van der Waals surface area contributed by atoms with Crippen molar-refractivity contribution in [2.24, 2.45) is 0 Å². The molecule has 174 valence electrons. The van der Waals surface area contributed by atoms with Gasteiger partial charge in [-0.05, 0) is 79.7 Å². The Hall–Kier alpha value is -3.58. The summed E-state index contributed by atoms with van der Waals surface area (Å²) in [5.41, 5.74) is 5.77. The fraction of sp³-hybridized carbons (Fsp3) is 0.259. The molecule has 1 aliphatic rings. The highest BCUT2D eigenvalue weighted by molar-refractivity contribution is 7.80. The van der Waals surface area contributed by atoms with Crippen LogP contribution in [0.15, 0.2) is 77.5 Å². The Morgan fingerprint density at radius 3 is 2.56 bits per heavy atom. The summed E-state index contributed by atoms with van der Waals surface area (Å²) >= 11 is 5.86. The summed E-state index contributed by atoms with van der Waals surface area (Å²) in [5, 5.41) is 4.28. The maximum absolute atomic E-state index is 5.86. The second kappa shape index (κ2) is 9.35. The number of thiocarbonyl (C=S) groups is 1. The van der Waals surface area contributed by atoms with Gasteiger partial charge in [-0.1, -0.05) is 18.2 Å². The van der Waals surface area contributed by atoms with E-state index in [0.717, 1.165) is 22.3 Å². The van der Waals surface area contributed by atoms with E-state index in [1.54, 1.807) is 13.4 Å². The van der Waals surface area contributed by atoms with Crippen molar-refractivity contribution in [3.63, 3.8) is 0 Å². The predicted molar refractivity (Wildman–Crippen MR) is 136 cm³/mol. The van der Waals surface area contributed by atoms with Crippen molar-refractivity contribution < 1.29 is 9.15 Å². The van der Waals surface area contributed by atoms with Gasteiger partial charge in [0.1, 0.15) is 11.5 Å². The Labute approximate surface area is 205 Å². The molecule has 0 saturated carbocycles. The van der Waals surface area contributed by atoms with Crippen molar-refractivity contribution in [2.75, 3.05) is 7.11 Å². The second-order valence-corrected chi connectivity index (χ2v) is 8.98. The number of hydrogen-bond acceptors (Lipinski definition) is 4. The van der Waals surface area contributed by atoms with Crippen molar-refractivity contribution in [2.45, 2.75) is 39.0 Å². The Balaban J connectivity index is 1.54. The number of benzene rings is 1. The molecule has 1 fully saturated rings. The standard InChI is InChI=1S/C27H28N4O2S/c1-18-15-23(19(2)30(18)17-22-7-6-14-33-22)26-25(24-8-4-5-13-28-24)29-27(34)31(26)16-20-9-11-21(32-3)12-10-20/h4-15,25-26H,16-17H2,1-3H3,(H,29,34)/t25-,26+/m1/s1. The maximum Gasteiger partial charge on any atom is 0.170 e. The number of furan rings is 1. The average Bonchev–Trinajstić information content (AvgIpc) is 3.56. The zero-order valence-electron chi connectivity index (χ0n) is 19.6. The highest BCUT2D eigenvalue weighted by Gasteiger charge is 2.41. The van der Waals surface area contributed by atoms with Gasteiger partial charge in [-0.3, -0.25) is 4.98 Å². The van der Waals surface area contributed by atoms with E-state index in [1.165, 1.54) is 22.5 Å². The molecule has 34 heavy (non-hydrogen) atoms. The van der Waals surface area contributed by atoms with Crippen molar-refractivity contribution in [3.05, 3.63) is 107 Å². The summed E-state index contributed by atoms with van der Waals surface area (Å²) in [6.45, 7) is 5.70. The van der Waals surface area contributed by atoms with E-state index in [0.29, 0.717) is 13.1 Å². The van der Waals surface area contributed by atoms with E-state index in [9.17, 15) is 0 Å². The lowest BCUT2D eigenvalue weighted by atomic mass is 9.96. The van der Waals surface area contributed by atoms with Gasteiger partial charge in [-0.2, -0.15) is 0 Å². The highest BCUT2D eigenvalue weighted by Crippen LogP contribution is 2.41. The summed E-state index contributed by atoms with van der Waals surface area (Å²) in [6, 6.07) is 20.3. The first-order valence-electron chi connectivity index (χ1n) is 11.3. The smallest absolute Gasteiger partial charge is 0.170 e. The Morgan fingerprint density at radius 1 is 1.06 bits per heavy atom. The van der Waals surface area contributed by atoms with E-state index in [2.05, 4.69) is 57.9 Å². The summed E-state index contributed by atoms with van der Waals surface area (Å²) in [5.74, 6) is 1.78. The van der Waals surface area contributed by atoms with Crippen LogP contribution in [0.5, 0.6) is 5.75 Å². The molecule has 5 rings (SSSR count). The van der Waals surface area contributed by atoms with E-state index in [4.69, 9.17) is 21.4 Å². The van der Waals surface area contributed by atoms with Gasteiger partial charge < -0.3 is 23.9 Å². The fourth-order valence-corrected chi connectivity index (χ4v) is 5.08. The predicted octanol–water partition coefficient (Wildman–Crippen LogP) is 5.32. The molecule has 6 nitrogen and oxygen atoms in total. The number of hydrogen-bond donors (Lipinski definition) is 1. The molecule has 0 radical (unpaired) electrons. The molecule has 1 saturated heterocycles. The van der Waals surface area contributed by atoms with Crippen molar-refractivity contribution in [3.8, 4) is 5.75 Å². The number of nitrogens with zero attached hydrogens (tertiary/aromatic N) is 3. The zero-order chi connectivity index (χ0) is 23.7. The Kier molecular flexibility index (Phi) is 6.11. The zero-order valence-corrected chi connectivity index (χ0v) is 20.4. The summed E-state index contributed by atoms with van der Waals surface area (Å²) in [4.78, 5) is 6.94. The molecule has 2 atom stereocenters. The Bertz CT molecular complexity index is 1270. The SMILES string of the molecule is COc1ccc(CN2C(=S)N[C@H](c3ccccn3)[C@@H]2c2cc(C)n(Cc3ccco3)c2C)cc1. The number of aryl methyl sites for hydroxylation is 1. The first-order valence-corrected chi connectivity index (χ1v) is 11.8. The van der Waals surface area contributed by atoms with Gasteiger partial charge in [-0.25, -0.2) is 0 Å². The summed E-state index contributed by atoms with van der Waals surface area (Å²) in [6.07, 6.45) is 3.56. The van der Waals surface area contributed by atoms with Gasteiger partial charge in [0, 0.05) is 24.1 Å². The molecule has 0 bridgehead atoms. The second-order valence-electron chi connectivity index (χ2n) is 8.59. The van der Waals surface area contributed by atoms with Crippen LogP contribution in [0.4, 0.5) is 0 Å². The van der Waals surface area contributed by atoms with Gasteiger partial charge in [0.2, 0.25) is 0 Å². The topological polar surface area (TPSA) is 55.5 Å². The van der Waals surface area contributed by atoms with Crippen molar-refractivity contribution >= 4 is 17.3 Å². The monoisotopic (exact) mass is 472 g/mol. The molecule has 3 aromatic heterocycles. The summed E-state index contributed by atoms with van der Waals surface area (Å²) in [7, 11) is 1.68. The van der Waals surface area contributed by atoms with Crippen LogP contribution in [-0.2, 0) is 13.1 Å². The van der Waals surface area contributed by atoms with Crippen LogP contribution < -0.4 is 10.1 Å². The first kappa shape index (κ1) is 22.2. The third kappa shape index (κ3) is 4.19. The van der Waals surface area contributed by atoms with Crippen LogP contribution >= 0.6 is 12.2 Å². The molecule has 0 aliphatic carbocycles. The normalized spacial score (nSPS) is 17.7. The third-order valence-electron chi connectivity index (χ3n) is 6.54.